The molecule has 3 rings (SSSR count). The number of aryl methyl sites for hydroxylation is 1. The Morgan fingerprint density at radius 1 is 1.18 bits per heavy atom. The first-order valence-corrected chi connectivity index (χ1v) is 8.77. The Balaban J connectivity index is 2.09. The van der Waals surface area contributed by atoms with E-state index in [-0.39, 0.29) is 0 Å². The van der Waals surface area contributed by atoms with Crippen molar-refractivity contribution in [1.82, 2.24) is 9.55 Å². The van der Waals surface area contributed by atoms with E-state index in [0.717, 1.165) is 27.3 Å². The number of aromatic nitrogens is 2. The lowest BCUT2D eigenvalue weighted by molar-refractivity contribution is 0.744. The molecule has 1 aromatic carbocycles. The number of nitrogens with zero attached hydrogens (tertiary/aromatic N) is 3. The third kappa shape index (κ3) is 3.20. The summed E-state index contributed by atoms with van der Waals surface area (Å²) in [6.45, 7) is 4.99. The number of benzene rings is 1. The van der Waals surface area contributed by atoms with Crippen LogP contribution >= 0.6 is 27.3 Å². The number of hydrogen-bond donors (Lipinski definition) is 0. The SMILES string of the molecule is CCn1c(-c2ccc(Br)cc2)cs/c1=N/c1cccc(C)n1. The van der Waals surface area contributed by atoms with E-state index in [1.165, 1.54) is 11.3 Å². The molecule has 22 heavy (non-hydrogen) atoms. The summed E-state index contributed by atoms with van der Waals surface area (Å²) in [7, 11) is 0. The van der Waals surface area contributed by atoms with Crippen LogP contribution in [0.2, 0.25) is 0 Å². The second-order valence-electron chi connectivity index (χ2n) is 4.90. The lowest BCUT2D eigenvalue weighted by atomic mass is 10.2. The minimum absolute atomic E-state index is 0.756. The van der Waals surface area contributed by atoms with Crippen LogP contribution in [0.5, 0.6) is 0 Å². The quantitative estimate of drug-likeness (QED) is 0.639. The van der Waals surface area contributed by atoms with Gasteiger partial charge in [-0.2, -0.15) is 0 Å². The molecule has 0 N–H and O–H groups in total. The lowest BCUT2D eigenvalue weighted by Gasteiger charge is -2.06. The second kappa shape index (κ2) is 6.58. The fourth-order valence-corrected chi connectivity index (χ4v) is 3.51. The molecule has 0 amide bonds. The van der Waals surface area contributed by atoms with E-state index < -0.39 is 0 Å². The van der Waals surface area contributed by atoms with Crippen molar-refractivity contribution in [3.8, 4) is 11.3 Å². The van der Waals surface area contributed by atoms with Gasteiger partial charge in [0, 0.05) is 22.1 Å². The summed E-state index contributed by atoms with van der Waals surface area (Å²) in [5.74, 6) is 0.756. The minimum atomic E-state index is 0.756. The zero-order valence-corrected chi connectivity index (χ0v) is 14.9. The monoisotopic (exact) mass is 373 g/mol. The largest absolute Gasteiger partial charge is 0.317 e. The predicted molar refractivity (Wildman–Crippen MR) is 95.3 cm³/mol. The Kier molecular flexibility index (Phi) is 4.55. The Morgan fingerprint density at radius 2 is 1.95 bits per heavy atom. The van der Waals surface area contributed by atoms with E-state index in [1.807, 2.05) is 25.1 Å². The van der Waals surface area contributed by atoms with Crippen LogP contribution in [0.4, 0.5) is 5.82 Å². The maximum atomic E-state index is 4.70. The molecule has 3 nitrogen and oxygen atoms in total. The maximum absolute atomic E-state index is 4.70. The van der Waals surface area contributed by atoms with Gasteiger partial charge < -0.3 is 4.57 Å². The Hall–Kier alpha value is -1.72. The Bertz CT molecular complexity index is 847. The average molecular weight is 374 g/mol. The zero-order chi connectivity index (χ0) is 15.5. The highest BCUT2D eigenvalue weighted by Gasteiger charge is 2.07. The topological polar surface area (TPSA) is 30.2 Å². The van der Waals surface area contributed by atoms with Crippen LogP contribution in [0.15, 0.2) is 57.3 Å². The van der Waals surface area contributed by atoms with Crippen LogP contribution < -0.4 is 4.80 Å². The van der Waals surface area contributed by atoms with Crippen molar-refractivity contribution in [2.24, 2.45) is 4.99 Å². The number of pyridine rings is 1. The first kappa shape index (κ1) is 15.2. The van der Waals surface area contributed by atoms with E-state index in [1.54, 1.807) is 11.3 Å². The fraction of sp³-hybridized carbons (Fsp3) is 0.176. The summed E-state index contributed by atoms with van der Waals surface area (Å²) < 4.78 is 3.31. The van der Waals surface area contributed by atoms with Crippen LogP contribution in [0.1, 0.15) is 12.6 Å². The molecular weight excluding hydrogens is 358 g/mol. The minimum Gasteiger partial charge on any atom is -0.317 e. The van der Waals surface area contributed by atoms with E-state index in [0.29, 0.717) is 0 Å². The highest BCUT2D eigenvalue weighted by Crippen LogP contribution is 2.22. The van der Waals surface area contributed by atoms with Gasteiger partial charge in [0.2, 0.25) is 0 Å². The van der Waals surface area contributed by atoms with Crippen LogP contribution in [-0.4, -0.2) is 9.55 Å². The highest BCUT2D eigenvalue weighted by molar-refractivity contribution is 9.10. The van der Waals surface area contributed by atoms with Crippen molar-refractivity contribution in [2.75, 3.05) is 0 Å². The van der Waals surface area contributed by atoms with Crippen LogP contribution in [-0.2, 0) is 6.54 Å². The molecule has 0 aliphatic carbocycles. The van der Waals surface area contributed by atoms with Crippen molar-refractivity contribution in [3.63, 3.8) is 0 Å². The van der Waals surface area contributed by atoms with Gasteiger partial charge in [0.1, 0.15) is 0 Å². The fourth-order valence-electron chi connectivity index (χ4n) is 2.26. The van der Waals surface area contributed by atoms with Gasteiger partial charge in [-0.1, -0.05) is 34.1 Å². The predicted octanol–water partition coefficient (Wildman–Crippen LogP) is 4.93. The van der Waals surface area contributed by atoms with Crippen molar-refractivity contribution < 1.29 is 0 Å². The van der Waals surface area contributed by atoms with Crippen LogP contribution in [0, 0.1) is 6.92 Å². The summed E-state index contributed by atoms with van der Waals surface area (Å²) >= 11 is 5.12. The van der Waals surface area contributed by atoms with Crippen molar-refractivity contribution in [2.45, 2.75) is 20.4 Å². The number of rotatable bonds is 3. The van der Waals surface area contributed by atoms with Gasteiger partial charge >= 0.3 is 0 Å². The summed E-state index contributed by atoms with van der Waals surface area (Å²) in [5.41, 5.74) is 3.36. The smallest absolute Gasteiger partial charge is 0.191 e. The Morgan fingerprint density at radius 3 is 2.64 bits per heavy atom. The van der Waals surface area contributed by atoms with Gasteiger partial charge in [-0.25, -0.2) is 9.98 Å². The van der Waals surface area contributed by atoms with E-state index in [9.17, 15) is 0 Å². The number of hydrogen-bond acceptors (Lipinski definition) is 3. The number of thiazole rings is 1. The molecule has 2 aromatic heterocycles. The molecule has 0 aliphatic rings. The van der Waals surface area contributed by atoms with Crippen LogP contribution in [0.25, 0.3) is 11.3 Å². The standard InChI is InChI=1S/C17H16BrN3S/c1-3-21-15(13-7-9-14(18)10-8-13)11-22-17(21)20-16-6-4-5-12(2)19-16/h4-11H,3H2,1-2H3/b20-17+. The molecule has 0 unspecified atom stereocenters. The molecule has 0 saturated carbocycles. The van der Waals surface area contributed by atoms with Gasteiger partial charge in [-0.05, 0) is 43.7 Å². The molecular formula is C17H16BrN3S. The first-order valence-electron chi connectivity index (χ1n) is 7.10. The summed E-state index contributed by atoms with van der Waals surface area (Å²) in [5, 5.41) is 2.15. The van der Waals surface area contributed by atoms with Gasteiger partial charge in [-0.15, -0.1) is 11.3 Å². The van der Waals surface area contributed by atoms with Gasteiger partial charge in [-0.3, -0.25) is 0 Å². The zero-order valence-electron chi connectivity index (χ0n) is 12.5. The molecule has 0 radical (unpaired) electrons. The van der Waals surface area contributed by atoms with E-state index in [2.05, 4.69) is 62.1 Å². The van der Waals surface area contributed by atoms with Crippen molar-refractivity contribution in [3.05, 3.63) is 62.8 Å². The molecule has 0 spiro atoms. The van der Waals surface area contributed by atoms with Gasteiger partial charge in [0.05, 0.1) is 5.69 Å². The first-order chi connectivity index (χ1) is 10.7. The van der Waals surface area contributed by atoms with E-state index in [4.69, 9.17) is 4.99 Å². The van der Waals surface area contributed by atoms with Crippen LogP contribution in [0.3, 0.4) is 0 Å². The van der Waals surface area contributed by atoms with E-state index >= 15 is 0 Å². The summed E-state index contributed by atoms with van der Waals surface area (Å²) in [6, 6.07) is 14.3. The molecule has 112 valence electrons. The summed E-state index contributed by atoms with van der Waals surface area (Å²) in [6.07, 6.45) is 0. The second-order valence-corrected chi connectivity index (χ2v) is 6.66. The number of halogens is 1. The molecule has 0 atom stereocenters. The molecule has 0 bridgehead atoms. The van der Waals surface area contributed by atoms with Gasteiger partial charge in [0.15, 0.2) is 10.6 Å². The van der Waals surface area contributed by atoms with Crippen molar-refractivity contribution >= 4 is 33.1 Å². The maximum Gasteiger partial charge on any atom is 0.191 e. The molecule has 3 aromatic rings. The average Bonchev–Trinajstić information content (AvgIpc) is 2.90. The normalized spacial score (nSPS) is 11.9. The summed E-state index contributed by atoms with van der Waals surface area (Å²) in [4.78, 5) is 10.1. The molecule has 0 fully saturated rings. The molecule has 5 heteroatoms. The van der Waals surface area contributed by atoms with Gasteiger partial charge in [0.25, 0.3) is 0 Å². The molecule has 0 aliphatic heterocycles. The molecule has 2 heterocycles. The Labute approximate surface area is 142 Å². The lowest BCUT2D eigenvalue weighted by Crippen LogP contribution is -2.14. The third-order valence-electron chi connectivity index (χ3n) is 3.34. The third-order valence-corrected chi connectivity index (χ3v) is 4.73. The van der Waals surface area contributed by atoms with Crippen molar-refractivity contribution in [1.29, 1.82) is 0 Å². The highest BCUT2D eigenvalue weighted by atomic mass is 79.9. The molecule has 0 saturated heterocycles.